The van der Waals surface area contributed by atoms with Gasteiger partial charge in [0.2, 0.25) is 0 Å². The molecule has 2 amide bonds. The van der Waals surface area contributed by atoms with E-state index in [-0.39, 0.29) is 6.03 Å². The number of para-hydroxylation sites is 1. The van der Waals surface area contributed by atoms with Crippen molar-refractivity contribution >= 4 is 23.3 Å². The maximum Gasteiger partial charge on any atom is 0.317 e. The molecule has 3 rings (SSSR count). The summed E-state index contributed by atoms with van der Waals surface area (Å²) in [7, 11) is 0. The molecule has 0 atom stereocenters. The van der Waals surface area contributed by atoms with Gasteiger partial charge in [-0.15, -0.1) is 0 Å². The fourth-order valence-electron chi connectivity index (χ4n) is 2.99. The van der Waals surface area contributed by atoms with Crippen LogP contribution in [0.25, 0.3) is 0 Å². The zero-order valence-electron chi connectivity index (χ0n) is 13.8. The summed E-state index contributed by atoms with van der Waals surface area (Å²) in [5.41, 5.74) is 3.47. The van der Waals surface area contributed by atoms with Crippen LogP contribution in [0.15, 0.2) is 48.5 Å². The lowest BCUT2D eigenvalue weighted by atomic mass is 10.1. The number of halogens is 1. The van der Waals surface area contributed by atoms with E-state index < -0.39 is 0 Å². The van der Waals surface area contributed by atoms with Crippen LogP contribution in [0.3, 0.4) is 0 Å². The maximum absolute atomic E-state index is 12.3. The summed E-state index contributed by atoms with van der Waals surface area (Å²) in [5, 5.41) is 3.64. The summed E-state index contributed by atoms with van der Waals surface area (Å²) in [6.45, 7) is 5.73. The van der Waals surface area contributed by atoms with E-state index in [1.54, 1.807) is 0 Å². The van der Waals surface area contributed by atoms with Crippen LogP contribution in [0.2, 0.25) is 5.02 Å². The van der Waals surface area contributed by atoms with Crippen molar-refractivity contribution in [2.45, 2.75) is 13.5 Å². The molecule has 2 aromatic rings. The van der Waals surface area contributed by atoms with Crippen LogP contribution in [0.4, 0.5) is 10.5 Å². The summed E-state index contributed by atoms with van der Waals surface area (Å²) in [6.07, 6.45) is 0. The lowest BCUT2D eigenvalue weighted by Gasteiger charge is -2.36. The Kier molecular flexibility index (Phi) is 5.26. The average molecular weight is 344 g/mol. The number of amides is 2. The van der Waals surface area contributed by atoms with Crippen molar-refractivity contribution in [3.8, 4) is 0 Å². The second kappa shape index (κ2) is 7.58. The maximum atomic E-state index is 12.3. The molecule has 0 bridgehead atoms. The molecule has 24 heavy (non-hydrogen) atoms. The van der Waals surface area contributed by atoms with Crippen LogP contribution >= 0.6 is 11.6 Å². The highest BCUT2D eigenvalue weighted by molar-refractivity contribution is 6.31. The first-order valence-corrected chi connectivity index (χ1v) is 8.60. The van der Waals surface area contributed by atoms with Crippen LogP contribution in [-0.4, -0.2) is 37.1 Å². The van der Waals surface area contributed by atoms with Crippen LogP contribution < -0.4 is 10.2 Å². The fourth-order valence-corrected chi connectivity index (χ4v) is 3.20. The first kappa shape index (κ1) is 16.7. The molecule has 0 radical (unpaired) electrons. The van der Waals surface area contributed by atoms with Gasteiger partial charge in [0, 0.05) is 43.4 Å². The van der Waals surface area contributed by atoms with E-state index in [0.717, 1.165) is 31.7 Å². The van der Waals surface area contributed by atoms with E-state index in [2.05, 4.69) is 41.4 Å². The Labute approximate surface area is 148 Å². The fraction of sp³-hybridized carbons (Fsp3) is 0.316. The minimum absolute atomic E-state index is 0.0284. The summed E-state index contributed by atoms with van der Waals surface area (Å²) >= 11 is 6.12. The lowest BCUT2D eigenvalue weighted by Crippen LogP contribution is -2.51. The predicted octanol–water partition coefficient (Wildman–Crippen LogP) is 3.68. The number of anilines is 1. The first-order valence-electron chi connectivity index (χ1n) is 8.22. The molecule has 0 saturated carbocycles. The van der Waals surface area contributed by atoms with Crippen molar-refractivity contribution in [1.82, 2.24) is 10.2 Å². The van der Waals surface area contributed by atoms with E-state index in [9.17, 15) is 4.79 Å². The van der Waals surface area contributed by atoms with Crippen molar-refractivity contribution in [1.29, 1.82) is 0 Å². The van der Waals surface area contributed by atoms with E-state index in [1.165, 1.54) is 11.3 Å². The van der Waals surface area contributed by atoms with Crippen LogP contribution in [0.5, 0.6) is 0 Å². The van der Waals surface area contributed by atoms with Gasteiger partial charge >= 0.3 is 6.03 Å². The van der Waals surface area contributed by atoms with Crippen molar-refractivity contribution in [2.75, 3.05) is 31.1 Å². The third-order valence-corrected chi connectivity index (χ3v) is 4.78. The zero-order chi connectivity index (χ0) is 16.9. The normalized spacial score (nSPS) is 14.6. The quantitative estimate of drug-likeness (QED) is 0.922. The SMILES string of the molecule is Cc1ccccc1N1CCN(C(=O)NCc2ccccc2Cl)CC1. The van der Waals surface area contributed by atoms with Gasteiger partial charge in [0.15, 0.2) is 0 Å². The molecule has 0 aromatic heterocycles. The molecule has 0 unspecified atom stereocenters. The molecular weight excluding hydrogens is 322 g/mol. The first-order chi connectivity index (χ1) is 11.6. The van der Waals surface area contributed by atoms with Crippen molar-refractivity contribution < 1.29 is 4.79 Å². The number of hydrogen-bond acceptors (Lipinski definition) is 2. The molecule has 126 valence electrons. The van der Waals surface area contributed by atoms with Crippen molar-refractivity contribution in [2.24, 2.45) is 0 Å². The zero-order valence-corrected chi connectivity index (χ0v) is 14.6. The number of nitrogens with zero attached hydrogens (tertiary/aromatic N) is 2. The van der Waals surface area contributed by atoms with Gasteiger partial charge in [-0.3, -0.25) is 0 Å². The van der Waals surface area contributed by atoms with Gasteiger partial charge in [-0.2, -0.15) is 0 Å². The Hall–Kier alpha value is -2.20. The third kappa shape index (κ3) is 3.82. The number of carbonyl (C=O) groups is 1. The summed E-state index contributed by atoms with van der Waals surface area (Å²) in [6, 6.07) is 15.9. The molecule has 0 aliphatic carbocycles. The minimum Gasteiger partial charge on any atom is -0.368 e. The second-order valence-electron chi connectivity index (χ2n) is 6.01. The number of urea groups is 1. The van der Waals surface area contributed by atoms with Crippen molar-refractivity contribution in [3.63, 3.8) is 0 Å². The number of hydrogen-bond donors (Lipinski definition) is 1. The van der Waals surface area contributed by atoms with Crippen LogP contribution in [0, 0.1) is 6.92 Å². The van der Waals surface area contributed by atoms with Crippen LogP contribution in [-0.2, 0) is 6.54 Å². The third-order valence-electron chi connectivity index (χ3n) is 4.41. The summed E-state index contributed by atoms with van der Waals surface area (Å²) < 4.78 is 0. The topological polar surface area (TPSA) is 35.6 Å². The number of nitrogens with one attached hydrogen (secondary N) is 1. The molecule has 1 aliphatic rings. The van der Waals surface area contributed by atoms with Crippen molar-refractivity contribution in [3.05, 3.63) is 64.7 Å². The van der Waals surface area contributed by atoms with Gasteiger partial charge in [0.1, 0.15) is 0 Å². The molecule has 1 N–H and O–H groups in total. The van der Waals surface area contributed by atoms with Crippen LogP contribution in [0.1, 0.15) is 11.1 Å². The molecule has 0 spiro atoms. The van der Waals surface area contributed by atoms with Gasteiger partial charge in [0.05, 0.1) is 0 Å². The van der Waals surface area contributed by atoms with Gasteiger partial charge in [-0.25, -0.2) is 4.79 Å². The Bertz CT molecular complexity index is 711. The smallest absolute Gasteiger partial charge is 0.317 e. The highest BCUT2D eigenvalue weighted by atomic mass is 35.5. The van der Waals surface area contributed by atoms with E-state index in [4.69, 9.17) is 11.6 Å². The average Bonchev–Trinajstić information content (AvgIpc) is 2.61. The number of rotatable bonds is 3. The van der Waals surface area contributed by atoms with Gasteiger partial charge in [0.25, 0.3) is 0 Å². The largest absolute Gasteiger partial charge is 0.368 e. The number of benzene rings is 2. The second-order valence-corrected chi connectivity index (χ2v) is 6.42. The Morgan fingerprint density at radius 2 is 1.71 bits per heavy atom. The van der Waals surface area contributed by atoms with E-state index in [1.807, 2.05) is 29.2 Å². The molecule has 1 heterocycles. The highest BCUT2D eigenvalue weighted by Crippen LogP contribution is 2.21. The lowest BCUT2D eigenvalue weighted by molar-refractivity contribution is 0.194. The minimum atomic E-state index is -0.0284. The summed E-state index contributed by atoms with van der Waals surface area (Å²) in [4.78, 5) is 16.6. The molecule has 4 nitrogen and oxygen atoms in total. The number of carbonyl (C=O) groups excluding carboxylic acids is 1. The van der Waals surface area contributed by atoms with Gasteiger partial charge < -0.3 is 15.1 Å². The summed E-state index contributed by atoms with van der Waals surface area (Å²) in [5.74, 6) is 0. The van der Waals surface area contributed by atoms with Gasteiger partial charge in [-0.05, 0) is 30.2 Å². The standard InChI is InChI=1S/C19H22ClN3O/c1-15-6-2-5-9-18(15)22-10-12-23(13-11-22)19(24)21-14-16-7-3-4-8-17(16)20/h2-9H,10-14H2,1H3,(H,21,24). The number of aryl methyl sites for hydroxylation is 1. The monoisotopic (exact) mass is 343 g/mol. The Balaban J connectivity index is 1.52. The van der Waals surface area contributed by atoms with Gasteiger partial charge in [-0.1, -0.05) is 48.0 Å². The van der Waals surface area contributed by atoms with E-state index in [0.29, 0.717) is 11.6 Å². The predicted molar refractivity (Wildman–Crippen MR) is 98.7 cm³/mol. The molecule has 2 aromatic carbocycles. The highest BCUT2D eigenvalue weighted by Gasteiger charge is 2.21. The molecule has 5 heteroatoms. The van der Waals surface area contributed by atoms with E-state index >= 15 is 0 Å². The molecule has 1 fully saturated rings. The Morgan fingerprint density at radius 1 is 1.04 bits per heavy atom. The molecule has 1 saturated heterocycles. The number of piperazine rings is 1. The Morgan fingerprint density at radius 3 is 2.42 bits per heavy atom. The molecular formula is C19H22ClN3O. The molecule has 1 aliphatic heterocycles.